The first-order chi connectivity index (χ1) is 20.0. The molecular formula is C30H36N6O6. The van der Waals surface area contributed by atoms with E-state index in [4.69, 9.17) is 20.6 Å². The standard InChI is InChI=1S/C30H36N6O6/c1-5-41-25-16-20(12-15-24(25)42-18(2)17-36(3)4)26(33-21-13-10-19(11-14-21)27(31)32)29(38)35-34-28(37)22-8-6-7-9-23(22)30(39)40/h6-16,18,26,33H,5,17H2,1-4H3,(H3,31,32)(H,34,37)(H,35,38)(H,39,40). The number of nitrogen functional groups attached to an aromatic ring is 1. The van der Waals surface area contributed by atoms with Gasteiger partial charge in [0.05, 0.1) is 17.7 Å². The number of nitrogens with two attached hydrogens (primary N) is 1. The van der Waals surface area contributed by atoms with E-state index in [1.54, 1.807) is 42.5 Å². The van der Waals surface area contributed by atoms with Crippen molar-refractivity contribution in [2.45, 2.75) is 26.0 Å². The molecular weight excluding hydrogens is 540 g/mol. The van der Waals surface area contributed by atoms with E-state index >= 15 is 0 Å². The Morgan fingerprint density at radius 2 is 1.64 bits per heavy atom. The molecule has 42 heavy (non-hydrogen) atoms. The number of benzene rings is 3. The highest BCUT2D eigenvalue weighted by molar-refractivity contribution is 6.05. The molecule has 222 valence electrons. The summed E-state index contributed by atoms with van der Waals surface area (Å²) in [6, 6.07) is 16.4. The van der Waals surface area contributed by atoms with Crippen LogP contribution in [0.4, 0.5) is 5.69 Å². The number of amides is 2. The van der Waals surface area contributed by atoms with Gasteiger partial charge in [-0.1, -0.05) is 18.2 Å². The Balaban J connectivity index is 1.91. The Bertz CT molecular complexity index is 1430. The predicted molar refractivity (Wildman–Crippen MR) is 159 cm³/mol. The third-order valence-corrected chi connectivity index (χ3v) is 6.02. The summed E-state index contributed by atoms with van der Waals surface area (Å²) in [7, 11) is 3.90. The Labute approximate surface area is 244 Å². The van der Waals surface area contributed by atoms with Gasteiger partial charge >= 0.3 is 5.97 Å². The Morgan fingerprint density at radius 3 is 2.24 bits per heavy atom. The molecule has 0 aliphatic carbocycles. The van der Waals surface area contributed by atoms with Gasteiger partial charge in [0, 0.05) is 17.8 Å². The number of nitrogens with one attached hydrogen (secondary N) is 4. The summed E-state index contributed by atoms with van der Waals surface area (Å²) in [5.41, 5.74) is 11.5. The number of likely N-dealkylation sites (N-methyl/N-ethyl adjacent to an activating group) is 1. The Morgan fingerprint density at radius 1 is 0.976 bits per heavy atom. The van der Waals surface area contributed by atoms with E-state index in [9.17, 15) is 19.5 Å². The molecule has 0 radical (unpaired) electrons. The lowest BCUT2D eigenvalue weighted by molar-refractivity contribution is -0.122. The molecule has 12 nitrogen and oxygen atoms in total. The van der Waals surface area contributed by atoms with E-state index < -0.39 is 23.8 Å². The van der Waals surface area contributed by atoms with Crippen LogP contribution in [0.3, 0.4) is 0 Å². The maximum Gasteiger partial charge on any atom is 0.336 e. The predicted octanol–water partition coefficient (Wildman–Crippen LogP) is 3.01. The number of carbonyl (C=O) groups is 3. The number of nitrogens with zero attached hydrogens (tertiary/aromatic N) is 1. The number of aromatic carboxylic acids is 1. The van der Waals surface area contributed by atoms with E-state index in [0.29, 0.717) is 41.5 Å². The molecule has 0 bridgehead atoms. The van der Waals surface area contributed by atoms with E-state index in [-0.39, 0.29) is 23.1 Å². The zero-order chi connectivity index (χ0) is 30.8. The first-order valence-corrected chi connectivity index (χ1v) is 13.2. The van der Waals surface area contributed by atoms with Crippen molar-refractivity contribution in [3.8, 4) is 11.5 Å². The zero-order valence-corrected chi connectivity index (χ0v) is 23.9. The first-order valence-electron chi connectivity index (χ1n) is 13.2. The van der Waals surface area contributed by atoms with Crippen LogP contribution in [0.5, 0.6) is 11.5 Å². The molecule has 0 aliphatic rings. The zero-order valence-electron chi connectivity index (χ0n) is 23.9. The molecule has 0 saturated carbocycles. The van der Waals surface area contributed by atoms with Gasteiger partial charge in [-0.05, 0) is 82.0 Å². The molecule has 0 heterocycles. The minimum Gasteiger partial charge on any atom is -0.490 e. The van der Waals surface area contributed by atoms with Gasteiger partial charge in [-0.15, -0.1) is 0 Å². The third kappa shape index (κ3) is 8.45. The van der Waals surface area contributed by atoms with Crippen molar-refractivity contribution in [3.05, 3.63) is 89.0 Å². The molecule has 12 heteroatoms. The number of hydrogen-bond acceptors (Lipinski definition) is 8. The van der Waals surface area contributed by atoms with Gasteiger partial charge in [0.15, 0.2) is 11.5 Å². The van der Waals surface area contributed by atoms with Crippen LogP contribution in [0.15, 0.2) is 66.7 Å². The summed E-state index contributed by atoms with van der Waals surface area (Å²) >= 11 is 0. The van der Waals surface area contributed by atoms with Gasteiger partial charge in [-0.2, -0.15) is 0 Å². The molecule has 0 fully saturated rings. The highest BCUT2D eigenvalue weighted by Crippen LogP contribution is 2.33. The number of rotatable bonds is 13. The molecule has 3 aromatic rings. The van der Waals surface area contributed by atoms with Crippen LogP contribution in [-0.2, 0) is 4.79 Å². The fraction of sp³-hybridized carbons (Fsp3) is 0.267. The lowest BCUT2D eigenvalue weighted by atomic mass is 10.0. The van der Waals surface area contributed by atoms with Crippen LogP contribution in [0, 0.1) is 5.41 Å². The fourth-order valence-electron chi connectivity index (χ4n) is 4.18. The molecule has 0 aliphatic heterocycles. The van der Waals surface area contributed by atoms with Crippen LogP contribution in [0.2, 0.25) is 0 Å². The van der Waals surface area contributed by atoms with E-state index in [1.165, 1.54) is 24.3 Å². The number of carboxylic acids is 1. The maximum atomic E-state index is 13.5. The Kier molecular flexibility index (Phi) is 10.9. The van der Waals surface area contributed by atoms with Gasteiger partial charge in [0.1, 0.15) is 18.0 Å². The van der Waals surface area contributed by atoms with Gasteiger partial charge in [-0.3, -0.25) is 25.8 Å². The van der Waals surface area contributed by atoms with E-state index in [1.807, 2.05) is 32.8 Å². The van der Waals surface area contributed by atoms with Gasteiger partial charge in [0.25, 0.3) is 11.8 Å². The number of hydrazine groups is 1. The summed E-state index contributed by atoms with van der Waals surface area (Å²) in [6.45, 7) is 4.82. The summed E-state index contributed by atoms with van der Waals surface area (Å²) in [5, 5.41) is 20.2. The summed E-state index contributed by atoms with van der Waals surface area (Å²) in [4.78, 5) is 39.8. The minimum atomic E-state index is -1.27. The second-order valence-corrected chi connectivity index (χ2v) is 9.69. The molecule has 3 aromatic carbocycles. The summed E-state index contributed by atoms with van der Waals surface area (Å²) < 4.78 is 11.9. The number of carbonyl (C=O) groups excluding carboxylic acids is 2. The summed E-state index contributed by atoms with van der Waals surface area (Å²) in [6.07, 6.45) is -0.133. The number of carboxylic acid groups (broad SMARTS) is 1. The number of anilines is 1. The highest BCUT2D eigenvalue weighted by atomic mass is 16.5. The molecule has 0 spiro atoms. The van der Waals surface area contributed by atoms with Crippen molar-refractivity contribution in [1.29, 1.82) is 5.41 Å². The Hall–Kier alpha value is -5.10. The molecule has 3 rings (SSSR count). The van der Waals surface area contributed by atoms with Gasteiger partial charge < -0.3 is 30.5 Å². The molecule has 0 saturated heterocycles. The van der Waals surface area contributed by atoms with Crippen molar-refractivity contribution in [1.82, 2.24) is 15.8 Å². The largest absolute Gasteiger partial charge is 0.490 e. The second-order valence-electron chi connectivity index (χ2n) is 9.69. The van der Waals surface area contributed by atoms with Gasteiger partial charge in [-0.25, -0.2) is 4.79 Å². The van der Waals surface area contributed by atoms with Gasteiger partial charge in [0.2, 0.25) is 0 Å². The third-order valence-electron chi connectivity index (χ3n) is 6.02. The van der Waals surface area contributed by atoms with Crippen LogP contribution in [0.25, 0.3) is 0 Å². The van der Waals surface area contributed by atoms with Crippen LogP contribution < -0.4 is 31.4 Å². The minimum absolute atomic E-state index is 0.0966. The van der Waals surface area contributed by atoms with Crippen molar-refractivity contribution >= 4 is 29.3 Å². The van der Waals surface area contributed by atoms with Crippen molar-refractivity contribution in [2.24, 2.45) is 5.73 Å². The van der Waals surface area contributed by atoms with E-state index in [2.05, 4.69) is 16.2 Å². The molecule has 2 unspecified atom stereocenters. The van der Waals surface area contributed by atoms with Crippen LogP contribution in [-0.4, -0.2) is 67.0 Å². The van der Waals surface area contributed by atoms with E-state index in [0.717, 1.165) is 0 Å². The molecule has 0 aromatic heterocycles. The number of hydrogen-bond donors (Lipinski definition) is 6. The van der Waals surface area contributed by atoms with Crippen molar-refractivity contribution < 1.29 is 29.0 Å². The number of amidine groups is 1. The SMILES string of the molecule is CCOc1cc(C(Nc2ccc(C(=N)N)cc2)C(=O)NNC(=O)c2ccccc2C(=O)O)ccc1OC(C)CN(C)C. The van der Waals surface area contributed by atoms with Crippen molar-refractivity contribution in [2.75, 3.05) is 32.6 Å². The second kappa shape index (κ2) is 14.5. The average Bonchev–Trinajstić information content (AvgIpc) is 2.95. The maximum absolute atomic E-state index is 13.5. The topological polar surface area (TPSA) is 179 Å². The lowest BCUT2D eigenvalue weighted by Crippen LogP contribution is -2.45. The molecule has 2 amide bonds. The fourth-order valence-corrected chi connectivity index (χ4v) is 4.18. The highest BCUT2D eigenvalue weighted by Gasteiger charge is 2.25. The monoisotopic (exact) mass is 576 g/mol. The molecule has 7 N–H and O–H groups in total. The van der Waals surface area contributed by atoms with Crippen molar-refractivity contribution in [3.63, 3.8) is 0 Å². The van der Waals surface area contributed by atoms with Crippen LogP contribution in [0.1, 0.15) is 51.7 Å². The lowest BCUT2D eigenvalue weighted by Gasteiger charge is -2.23. The summed E-state index contributed by atoms with van der Waals surface area (Å²) in [5.74, 6) is -1.85. The smallest absolute Gasteiger partial charge is 0.336 e. The normalized spacial score (nSPS) is 12.1. The average molecular weight is 577 g/mol. The number of ether oxygens (including phenoxy) is 2. The van der Waals surface area contributed by atoms with Crippen LogP contribution >= 0.6 is 0 Å². The first kappa shape index (κ1) is 31.4. The quantitative estimate of drug-likeness (QED) is 0.101. The molecule has 2 atom stereocenters.